The van der Waals surface area contributed by atoms with Crippen LogP contribution in [-0.4, -0.2) is 0 Å². The lowest BCUT2D eigenvalue weighted by atomic mass is 10.2. The highest BCUT2D eigenvalue weighted by Gasteiger charge is 2.06. The Hall–Kier alpha value is -1.58. The molecule has 0 heterocycles. The number of ether oxygens (including phenoxy) is 1. The van der Waals surface area contributed by atoms with Gasteiger partial charge >= 0.3 is 0 Å². The van der Waals surface area contributed by atoms with Gasteiger partial charge in [0.05, 0.1) is 5.02 Å². The van der Waals surface area contributed by atoms with E-state index in [9.17, 15) is 4.39 Å². The molecule has 0 unspecified atom stereocenters. The first-order valence-corrected chi connectivity index (χ1v) is 5.93. The molecule has 0 aromatic heterocycles. The molecule has 94 valence electrons. The molecule has 0 fully saturated rings. The first-order valence-electron chi connectivity index (χ1n) is 5.55. The molecule has 0 aliphatic rings. The second-order valence-electron chi connectivity index (χ2n) is 3.85. The summed E-state index contributed by atoms with van der Waals surface area (Å²) in [4.78, 5) is 0. The second-order valence-corrected chi connectivity index (χ2v) is 4.23. The molecule has 0 atom stereocenters. The fourth-order valence-corrected chi connectivity index (χ4v) is 1.76. The summed E-state index contributed by atoms with van der Waals surface area (Å²) >= 11 is 5.84. The Morgan fingerprint density at radius 2 is 1.94 bits per heavy atom. The molecule has 2 rings (SSSR count). The topological polar surface area (TPSA) is 35.2 Å². The normalized spacial score (nSPS) is 10.4. The van der Waals surface area contributed by atoms with Crippen LogP contribution < -0.4 is 10.5 Å². The minimum Gasteiger partial charge on any atom is -0.489 e. The van der Waals surface area contributed by atoms with E-state index in [1.807, 2.05) is 24.3 Å². The standard InChI is InChI=1S/C14H13ClFNO/c15-14-11(4-2-6-13(14)16)9-18-12-5-1-3-10(7-12)8-17/h1-7H,8-9,17H2. The number of halogens is 2. The van der Waals surface area contributed by atoms with Gasteiger partial charge in [0.15, 0.2) is 0 Å². The van der Waals surface area contributed by atoms with Crippen LogP contribution in [0.4, 0.5) is 4.39 Å². The van der Waals surface area contributed by atoms with Crippen LogP contribution in [0.15, 0.2) is 42.5 Å². The molecule has 0 aliphatic carbocycles. The highest BCUT2D eigenvalue weighted by molar-refractivity contribution is 6.31. The van der Waals surface area contributed by atoms with Gasteiger partial charge < -0.3 is 10.5 Å². The summed E-state index contributed by atoms with van der Waals surface area (Å²) in [5, 5.41) is 0.104. The highest BCUT2D eigenvalue weighted by atomic mass is 35.5. The number of hydrogen-bond acceptors (Lipinski definition) is 2. The Morgan fingerprint density at radius 1 is 1.17 bits per heavy atom. The third-order valence-electron chi connectivity index (χ3n) is 2.56. The molecular formula is C14H13ClFNO. The number of nitrogens with two attached hydrogens (primary N) is 1. The molecule has 0 saturated carbocycles. The molecule has 18 heavy (non-hydrogen) atoms. The second kappa shape index (κ2) is 5.85. The Morgan fingerprint density at radius 3 is 2.72 bits per heavy atom. The number of hydrogen-bond donors (Lipinski definition) is 1. The Labute approximate surface area is 110 Å². The van der Waals surface area contributed by atoms with Gasteiger partial charge in [0.1, 0.15) is 18.2 Å². The fourth-order valence-electron chi connectivity index (χ4n) is 1.58. The summed E-state index contributed by atoms with van der Waals surface area (Å²) < 4.78 is 18.8. The Bertz CT molecular complexity index is 545. The molecule has 0 bridgehead atoms. The molecule has 0 radical (unpaired) electrons. The van der Waals surface area contributed by atoms with Crippen molar-refractivity contribution in [2.75, 3.05) is 0 Å². The first-order chi connectivity index (χ1) is 8.70. The zero-order valence-corrected chi connectivity index (χ0v) is 10.5. The van der Waals surface area contributed by atoms with E-state index < -0.39 is 5.82 Å². The summed E-state index contributed by atoms with van der Waals surface area (Å²) in [7, 11) is 0. The SMILES string of the molecule is NCc1cccc(OCc2cccc(F)c2Cl)c1. The third-order valence-corrected chi connectivity index (χ3v) is 2.98. The van der Waals surface area contributed by atoms with Gasteiger partial charge in [0.2, 0.25) is 0 Å². The van der Waals surface area contributed by atoms with Gasteiger partial charge in [0.25, 0.3) is 0 Å². The molecule has 2 aromatic rings. The van der Waals surface area contributed by atoms with Gasteiger partial charge in [-0.2, -0.15) is 0 Å². The summed E-state index contributed by atoms with van der Waals surface area (Å²) in [5.41, 5.74) is 7.15. The van der Waals surface area contributed by atoms with Crippen molar-refractivity contribution >= 4 is 11.6 Å². The van der Waals surface area contributed by atoms with Crippen molar-refractivity contribution in [1.29, 1.82) is 0 Å². The van der Waals surface area contributed by atoms with Crippen molar-refractivity contribution in [3.63, 3.8) is 0 Å². The number of rotatable bonds is 4. The van der Waals surface area contributed by atoms with Crippen LogP contribution in [0.5, 0.6) is 5.75 Å². The van der Waals surface area contributed by atoms with E-state index in [-0.39, 0.29) is 11.6 Å². The molecule has 0 spiro atoms. The van der Waals surface area contributed by atoms with Crippen molar-refractivity contribution in [2.45, 2.75) is 13.2 Å². The smallest absolute Gasteiger partial charge is 0.142 e. The van der Waals surface area contributed by atoms with Crippen LogP contribution in [0.25, 0.3) is 0 Å². The molecule has 2 N–H and O–H groups in total. The van der Waals surface area contributed by atoms with Crippen LogP contribution in [0, 0.1) is 5.82 Å². The van der Waals surface area contributed by atoms with Crippen LogP contribution in [-0.2, 0) is 13.2 Å². The van der Waals surface area contributed by atoms with Gasteiger partial charge in [0, 0.05) is 12.1 Å². The van der Waals surface area contributed by atoms with Gasteiger partial charge in [-0.3, -0.25) is 0 Å². The van der Waals surface area contributed by atoms with Crippen molar-refractivity contribution in [3.8, 4) is 5.75 Å². The van der Waals surface area contributed by atoms with Crippen LogP contribution >= 0.6 is 11.6 Å². The maximum absolute atomic E-state index is 13.2. The monoisotopic (exact) mass is 265 g/mol. The van der Waals surface area contributed by atoms with Crippen LogP contribution in [0.1, 0.15) is 11.1 Å². The lowest BCUT2D eigenvalue weighted by Gasteiger charge is -2.09. The Balaban J connectivity index is 2.09. The quantitative estimate of drug-likeness (QED) is 0.918. The van der Waals surface area contributed by atoms with E-state index in [0.29, 0.717) is 17.9 Å². The third kappa shape index (κ3) is 3.00. The average Bonchev–Trinajstić information content (AvgIpc) is 2.41. The molecule has 0 amide bonds. The molecule has 2 aromatic carbocycles. The van der Waals surface area contributed by atoms with E-state index in [2.05, 4.69) is 0 Å². The molecule has 0 aliphatic heterocycles. The molecular weight excluding hydrogens is 253 g/mol. The van der Waals surface area contributed by atoms with Gasteiger partial charge in [-0.05, 0) is 23.8 Å². The minimum absolute atomic E-state index is 0.104. The molecule has 0 saturated heterocycles. The van der Waals surface area contributed by atoms with E-state index in [0.717, 1.165) is 5.56 Å². The molecule has 4 heteroatoms. The Kier molecular flexibility index (Phi) is 4.18. The summed E-state index contributed by atoms with van der Waals surface area (Å²) in [6.07, 6.45) is 0. The fraction of sp³-hybridized carbons (Fsp3) is 0.143. The zero-order valence-electron chi connectivity index (χ0n) is 9.70. The first kappa shape index (κ1) is 12.9. The van der Waals surface area contributed by atoms with Crippen molar-refractivity contribution in [1.82, 2.24) is 0 Å². The average molecular weight is 266 g/mol. The van der Waals surface area contributed by atoms with Crippen molar-refractivity contribution in [3.05, 3.63) is 64.4 Å². The van der Waals surface area contributed by atoms with E-state index in [1.54, 1.807) is 12.1 Å². The van der Waals surface area contributed by atoms with Gasteiger partial charge in [-0.1, -0.05) is 35.9 Å². The maximum atomic E-state index is 13.2. The summed E-state index contributed by atoms with van der Waals surface area (Å²) in [6.45, 7) is 0.683. The van der Waals surface area contributed by atoms with Crippen molar-refractivity contribution in [2.24, 2.45) is 5.73 Å². The summed E-state index contributed by atoms with van der Waals surface area (Å²) in [5.74, 6) is 0.256. The zero-order chi connectivity index (χ0) is 13.0. The predicted molar refractivity (Wildman–Crippen MR) is 70.1 cm³/mol. The minimum atomic E-state index is -0.437. The lowest BCUT2D eigenvalue weighted by Crippen LogP contribution is -2.00. The van der Waals surface area contributed by atoms with E-state index in [4.69, 9.17) is 22.1 Å². The summed E-state index contributed by atoms with van der Waals surface area (Å²) in [6, 6.07) is 12.1. The highest BCUT2D eigenvalue weighted by Crippen LogP contribution is 2.22. The molecule has 2 nitrogen and oxygen atoms in total. The largest absolute Gasteiger partial charge is 0.489 e. The number of benzene rings is 2. The van der Waals surface area contributed by atoms with Crippen molar-refractivity contribution < 1.29 is 9.13 Å². The maximum Gasteiger partial charge on any atom is 0.142 e. The van der Waals surface area contributed by atoms with Gasteiger partial charge in [-0.25, -0.2) is 4.39 Å². The van der Waals surface area contributed by atoms with Crippen LogP contribution in [0.2, 0.25) is 5.02 Å². The van der Waals surface area contributed by atoms with E-state index >= 15 is 0 Å². The predicted octanol–water partition coefficient (Wildman–Crippen LogP) is 3.52. The van der Waals surface area contributed by atoms with Gasteiger partial charge in [-0.15, -0.1) is 0 Å². The van der Waals surface area contributed by atoms with E-state index in [1.165, 1.54) is 6.07 Å². The lowest BCUT2D eigenvalue weighted by molar-refractivity contribution is 0.305. The van der Waals surface area contributed by atoms with Crippen LogP contribution in [0.3, 0.4) is 0 Å².